The number of benzene rings is 2. The second-order valence-electron chi connectivity index (χ2n) is 6.48. The number of rotatable bonds is 3. The van der Waals surface area contributed by atoms with Crippen molar-refractivity contribution in [3.8, 4) is 5.75 Å². The maximum Gasteiger partial charge on any atom is 0.330 e. The second-order valence-corrected chi connectivity index (χ2v) is 8.02. The van der Waals surface area contributed by atoms with Gasteiger partial charge in [0.1, 0.15) is 11.4 Å². The molecule has 0 saturated heterocycles. The Balaban J connectivity index is 1.55. The number of anilines is 1. The fourth-order valence-electron chi connectivity index (χ4n) is 3.38. The highest BCUT2D eigenvalue weighted by molar-refractivity contribution is 7.91. The quantitative estimate of drug-likeness (QED) is 0.633. The van der Waals surface area contributed by atoms with Gasteiger partial charge in [-0.1, -0.05) is 24.3 Å². The van der Waals surface area contributed by atoms with Gasteiger partial charge >= 0.3 is 10.2 Å². The van der Waals surface area contributed by atoms with Gasteiger partial charge in [-0.25, -0.2) is 9.03 Å². The van der Waals surface area contributed by atoms with Crippen LogP contribution in [0.5, 0.6) is 5.75 Å². The summed E-state index contributed by atoms with van der Waals surface area (Å²) in [4.78, 5) is 12.2. The summed E-state index contributed by atoms with van der Waals surface area (Å²) in [7, 11) is -3.97. The maximum absolute atomic E-state index is 12.2. The molecule has 1 atom stereocenters. The average molecular weight is 387 g/mol. The van der Waals surface area contributed by atoms with Gasteiger partial charge in [0.05, 0.1) is 6.20 Å². The Morgan fingerprint density at radius 3 is 2.63 bits per heavy atom. The lowest BCUT2D eigenvalue weighted by Gasteiger charge is -2.26. The van der Waals surface area contributed by atoms with Gasteiger partial charge in [-0.15, -0.1) is 0 Å². The van der Waals surface area contributed by atoms with Crippen molar-refractivity contribution in [2.75, 3.05) is 4.31 Å². The van der Waals surface area contributed by atoms with E-state index in [0.29, 0.717) is 18.4 Å². The summed E-state index contributed by atoms with van der Waals surface area (Å²) in [6.07, 6.45) is 2.13. The number of carbonyl (C=O) groups excluding carboxylic acids is 1. The number of aliphatic hydroxyl groups is 1. The molecular weight excluding hydrogens is 370 g/mol. The molecular formula is C18H17N3O5S. The minimum atomic E-state index is -3.97. The van der Waals surface area contributed by atoms with Gasteiger partial charge in [0.25, 0.3) is 5.91 Å². The van der Waals surface area contributed by atoms with E-state index in [1.54, 1.807) is 12.1 Å². The minimum absolute atomic E-state index is 0.0216. The minimum Gasteiger partial charge on any atom is -0.506 e. The molecule has 4 rings (SSSR count). The van der Waals surface area contributed by atoms with Crippen molar-refractivity contribution in [3.63, 3.8) is 0 Å². The fourth-order valence-corrected chi connectivity index (χ4v) is 4.44. The summed E-state index contributed by atoms with van der Waals surface area (Å²) in [5, 5.41) is 22.6. The van der Waals surface area contributed by atoms with Crippen molar-refractivity contribution >= 4 is 21.8 Å². The Labute approximate surface area is 155 Å². The fraction of sp³-hybridized carbons (Fsp3) is 0.167. The molecule has 2 aliphatic heterocycles. The number of hydrogen-bond donors (Lipinski definition) is 4. The maximum atomic E-state index is 12.2. The largest absolute Gasteiger partial charge is 0.506 e. The molecule has 8 nitrogen and oxygen atoms in total. The van der Waals surface area contributed by atoms with E-state index >= 15 is 0 Å². The molecule has 140 valence electrons. The molecule has 2 aromatic carbocycles. The molecule has 4 N–H and O–H groups in total. The van der Waals surface area contributed by atoms with Crippen LogP contribution in [-0.4, -0.2) is 30.6 Å². The number of phenols is 1. The van der Waals surface area contributed by atoms with Crippen LogP contribution in [0.3, 0.4) is 0 Å². The van der Waals surface area contributed by atoms with E-state index in [0.717, 1.165) is 21.6 Å². The van der Waals surface area contributed by atoms with Crippen LogP contribution in [0.25, 0.3) is 0 Å². The molecule has 0 saturated carbocycles. The second kappa shape index (κ2) is 6.20. The smallest absolute Gasteiger partial charge is 0.330 e. The Hall–Kier alpha value is -3.20. The molecule has 0 spiro atoms. The number of nitrogens with zero attached hydrogens (tertiary/aromatic N) is 1. The number of aromatic hydroxyl groups is 1. The van der Waals surface area contributed by atoms with Gasteiger partial charge in [0.2, 0.25) is 5.88 Å². The number of amides is 1. The van der Waals surface area contributed by atoms with Crippen molar-refractivity contribution < 1.29 is 23.4 Å². The van der Waals surface area contributed by atoms with Gasteiger partial charge in [0, 0.05) is 11.6 Å². The molecule has 0 fully saturated rings. The molecule has 9 heteroatoms. The van der Waals surface area contributed by atoms with Gasteiger partial charge in [-0.2, -0.15) is 8.42 Å². The van der Waals surface area contributed by atoms with Crippen molar-refractivity contribution in [1.29, 1.82) is 0 Å². The van der Waals surface area contributed by atoms with Crippen LogP contribution in [0.15, 0.2) is 54.5 Å². The van der Waals surface area contributed by atoms with Crippen LogP contribution < -0.4 is 14.3 Å². The molecule has 0 radical (unpaired) electrons. The molecule has 1 amide bonds. The SMILES string of the molecule is O=C1N[C@H](Cc2ccc(N3C=C(O)NS3(=O)=O)c(O)c2)Cc2ccccc21. The van der Waals surface area contributed by atoms with E-state index in [1.807, 2.05) is 22.9 Å². The van der Waals surface area contributed by atoms with E-state index in [4.69, 9.17) is 0 Å². The summed E-state index contributed by atoms with van der Waals surface area (Å²) in [6, 6.07) is 11.9. The predicted molar refractivity (Wildman–Crippen MR) is 98.5 cm³/mol. The number of phenolic OH excluding ortho intramolecular Hbond substituents is 1. The van der Waals surface area contributed by atoms with Gasteiger partial charge in [0.15, 0.2) is 0 Å². The Bertz CT molecular complexity index is 1060. The molecule has 0 aliphatic carbocycles. The first-order chi connectivity index (χ1) is 12.8. The van der Waals surface area contributed by atoms with E-state index in [1.165, 1.54) is 12.1 Å². The third-order valence-corrected chi connectivity index (χ3v) is 5.84. The normalized spacial score (nSPS) is 20.4. The van der Waals surface area contributed by atoms with Crippen LogP contribution in [0.2, 0.25) is 0 Å². The summed E-state index contributed by atoms with van der Waals surface area (Å²) in [5.74, 6) is -0.897. The lowest BCUT2D eigenvalue weighted by molar-refractivity contribution is 0.0925. The monoisotopic (exact) mass is 387 g/mol. The Morgan fingerprint density at radius 2 is 1.93 bits per heavy atom. The third kappa shape index (κ3) is 3.17. The van der Waals surface area contributed by atoms with E-state index in [-0.39, 0.29) is 23.4 Å². The standard InChI is InChI=1S/C18H17N3O5S/c22-16-8-11(5-6-15(16)21-10-17(23)20-27(21,25)26)7-13-9-12-3-1-2-4-14(12)18(24)19-13/h1-6,8,10,13,20,22-23H,7,9H2,(H,19,24)/t13-/m1/s1. The molecule has 2 aromatic rings. The summed E-state index contributed by atoms with van der Waals surface area (Å²) >= 11 is 0. The van der Waals surface area contributed by atoms with Crippen LogP contribution in [-0.2, 0) is 23.1 Å². The van der Waals surface area contributed by atoms with Crippen LogP contribution in [0.1, 0.15) is 21.5 Å². The predicted octanol–water partition coefficient (Wildman–Crippen LogP) is 1.30. The van der Waals surface area contributed by atoms with E-state index in [2.05, 4.69) is 5.32 Å². The average Bonchev–Trinajstić information content (AvgIpc) is 2.87. The van der Waals surface area contributed by atoms with Gasteiger partial charge in [-0.05, 0) is 42.2 Å². The van der Waals surface area contributed by atoms with E-state index in [9.17, 15) is 23.4 Å². The van der Waals surface area contributed by atoms with Crippen molar-refractivity contribution in [2.45, 2.75) is 18.9 Å². The van der Waals surface area contributed by atoms with Crippen LogP contribution in [0, 0.1) is 0 Å². The molecule has 2 heterocycles. The number of aliphatic hydroxyl groups excluding tert-OH is 1. The van der Waals surface area contributed by atoms with Crippen molar-refractivity contribution in [2.24, 2.45) is 0 Å². The lowest BCUT2D eigenvalue weighted by atomic mass is 9.91. The summed E-state index contributed by atoms with van der Waals surface area (Å²) in [6.45, 7) is 0. The first kappa shape index (κ1) is 17.2. The highest BCUT2D eigenvalue weighted by Crippen LogP contribution is 2.33. The van der Waals surface area contributed by atoms with Gasteiger partial charge < -0.3 is 15.5 Å². The number of hydrogen-bond acceptors (Lipinski definition) is 5. The van der Waals surface area contributed by atoms with Crippen LogP contribution in [0.4, 0.5) is 5.69 Å². The van der Waals surface area contributed by atoms with E-state index < -0.39 is 16.1 Å². The van der Waals surface area contributed by atoms with Crippen molar-refractivity contribution in [3.05, 3.63) is 71.2 Å². The topological polar surface area (TPSA) is 119 Å². The zero-order chi connectivity index (χ0) is 19.2. The number of fused-ring (bicyclic) bond motifs is 1. The highest BCUT2D eigenvalue weighted by atomic mass is 32.2. The lowest BCUT2D eigenvalue weighted by Crippen LogP contribution is -2.42. The number of nitrogens with one attached hydrogen (secondary N) is 2. The molecule has 0 unspecified atom stereocenters. The Morgan fingerprint density at radius 1 is 1.15 bits per heavy atom. The Kier molecular flexibility index (Phi) is 3.96. The molecule has 27 heavy (non-hydrogen) atoms. The third-order valence-electron chi connectivity index (χ3n) is 4.55. The highest BCUT2D eigenvalue weighted by Gasteiger charge is 2.31. The molecule has 2 aliphatic rings. The van der Waals surface area contributed by atoms with Crippen LogP contribution >= 0.6 is 0 Å². The molecule has 0 aromatic heterocycles. The zero-order valence-corrected chi connectivity index (χ0v) is 14.9. The van der Waals surface area contributed by atoms with Gasteiger partial charge in [-0.3, -0.25) is 4.79 Å². The van der Waals surface area contributed by atoms with Crippen molar-refractivity contribution in [1.82, 2.24) is 10.0 Å². The summed E-state index contributed by atoms with van der Waals surface area (Å²) < 4.78 is 26.5. The zero-order valence-electron chi connectivity index (χ0n) is 14.1. The first-order valence-electron chi connectivity index (χ1n) is 8.27. The molecule has 0 bridgehead atoms. The number of carbonyl (C=O) groups is 1. The summed E-state index contributed by atoms with van der Waals surface area (Å²) in [5.41, 5.74) is 2.42. The first-order valence-corrected chi connectivity index (χ1v) is 9.71.